The van der Waals surface area contributed by atoms with Crippen molar-refractivity contribution in [3.05, 3.63) is 96.1 Å². The van der Waals surface area contributed by atoms with E-state index in [0.717, 1.165) is 5.56 Å². The number of carbonyl (C=O) groups is 2. The van der Waals surface area contributed by atoms with Gasteiger partial charge in [-0.15, -0.1) is 0 Å². The SMILES string of the molecule is CC=CC=CC(=O)Nc1ccc(C=CC(=O)c2ccccc2)cc1. The first-order valence-corrected chi connectivity index (χ1v) is 7.67. The summed E-state index contributed by atoms with van der Waals surface area (Å²) < 4.78 is 0. The molecule has 0 atom stereocenters. The Labute approximate surface area is 142 Å². The van der Waals surface area contributed by atoms with Crippen molar-refractivity contribution >= 4 is 23.5 Å². The maximum absolute atomic E-state index is 12.0. The lowest BCUT2D eigenvalue weighted by Crippen LogP contribution is -2.07. The fourth-order valence-electron chi connectivity index (χ4n) is 1.99. The summed E-state index contributed by atoms with van der Waals surface area (Å²) in [4.78, 5) is 23.7. The van der Waals surface area contributed by atoms with Crippen LogP contribution in [0.15, 0.2) is 85.0 Å². The highest BCUT2D eigenvalue weighted by Gasteiger charge is 2.00. The smallest absolute Gasteiger partial charge is 0.248 e. The molecule has 3 nitrogen and oxygen atoms in total. The first-order chi connectivity index (χ1) is 11.7. The van der Waals surface area contributed by atoms with E-state index in [1.807, 2.05) is 43.3 Å². The van der Waals surface area contributed by atoms with Gasteiger partial charge < -0.3 is 5.32 Å². The Morgan fingerprint density at radius 1 is 0.875 bits per heavy atom. The summed E-state index contributed by atoms with van der Waals surface area (Å²) in [7, 11) is 0. The topological polar surface area (TPSA) is 46.2 Å². The van der Waals surface area contributed by atoms with Crippen LogP contribution >= 0.6 is 0 Å². The van der Waals surface area contributed by atoms with Crippen molar-refractivity contribution < 1.29 is 9.59 Å². The standard InChI is InChI=1S/C21H19NO2/c1-2-3-5-10-21(24)22-19-14-11-17(12-15-19)13-16-20(23)18-8-6-4-7-9-18/h2-16H,1H3,(H,22,24). The minimum absolute atomic E-state index is 0.0397. The van der Waals surface area contributed by atoms with Gasteiger partial charge >= 0.3 is 0 Å². The van der Waals surface area contributed by atoms with Crippen LogP contribution < -0.4 is 5.32 Å². The van der Waals surface area contributed by atoms with Gasteiger partial charge in [0.1, 0.15) is 0 Å². The van der Waals surface area contributed by atoms with E-state index in [1.54, 1.807) is 48.6 Å². The molecule has 0 fully saturated rings. The highest BCUT2D eigenvalue weighted by molar-refractivity contribution is 6.06. The zero-order valence-corrected chi connectivity index (χ0v) is 13.5. The lowest BCUT2D eigenvalue weighted by molar-refractivity contribution is -0.111. The Morgan fingerprint density at radius 3 is 2.25 bits per heavy atom. The molecule has 0 saturated heterocycles. The third kappa shape index (κ3) is 5.54. The molecule has 0 aromatic heterocycles. The number of hydrogen-bond donors (Lipinski definition) is 1. The van der Waals surface area contributed by atoms with Gasteiger partial charge in [0.05, 0.1) is 0 Å². The van der Waals surface area contributed by atoms with Gasteiger partial charge in [-0.3, -0.25) is 9.59 Å². The molecule has 3 heteroatoms. The van der Waals surface area contributed by atoms with Gasteiger partial charge in [-0.2, -0.15) is 0 Å². The second kappa shape index (κ2) is 9.06. The molecule has 0 bridgehead atoms. The lowest BCUT2D eigenvalue weighted by atomic mass is 10.1. The minimum Gasteiger partial charge on any atom is -0.323 e. The second-order valence-corrected chi connectivity index (χ2v) is 5.06. The van der Waals surface area contributed by atoms with Crippen LogP contribution in [0, 0.1) is 0 Å². The Kier molecular flexibility index (Phi) is 6.47. The molecule has 2 aromatic carbocycles. The molecule has 0 saturated carbocycles. The molecule has 2 rings (SSSR count). The molecule has 1 N–H and O–H groups in total. The summed E-state index contributed by atoms with van der Waals surface area (Å²) in [6.45, 7) is 1.89. The van der Waals surface area contributed by atoms with Crippen LogP contribution in [0.2, 0.25) is 0 Å². The van der Waals surface area contributed by atoms with Crippen molar-refractivity contribution in [1.29, 1.82) is 0 Å². The summed E-state index contributed by atoms with van der Waals surface area (Å²) in [6.07, 6.45) is 10.1. The second-order valence-electron chi connectivity index (χ2n) is 5.06. The van der Waals surface area contributed by atoms with Gasteiger partial charge in [-0.25, -0.2) is 0 Å². The lowest BCUT2D eigenvalue weighted by Gasteiger charge is -2.02. The number of carbonyl (C=O) groups excluding carboxylic acids is 2. The molecule has 1 amide bonds. The number of rotatable bonds is 6. The number of amides is 1. The van der Waals surface area contributed by atoms with Crippen LogP contribution in [-0.4, -0.2) is 11.7 Å². The monoisotopic (exact) mass is 317 g/mol. The Bertz CT molecular complexity index is 769. The summed E-state index contributed by atoms with van der Waals surface area (Å²) in [5, 5.41) is 2.77. The summed E-state index contributed by atoms with van der Waals surface area (Å²) in [5.74, 6) is -0.224. The highest BCUT2D eigenvalue weighted by atomic mass is 16.1. The highest BCUT2D eigenvalue weighted by Crippen LogP contribution is 2.11. The fourth-order valence-corrected chi connectivity index (χ4v) is 1.99. The quantitative estimate of drug-likeness (QED) is 0.479. The van der Waals surface area contributed by atoms with Crippen LogP contribution in [0.3, 0.4) is 0 Å². The van der Waals surface area contributed by atoms with E-state index in [2.05, 4.69) is 5.32 Å². The predicted octanol–water partition coefficient (Wildman–Crippen LogP) is 4.65. The summed E-state index contributed by atoms with van der Waals surface area (Å²) >= 11 is 0. The average Bonchev–Trinajstić information content (AvgIpc) is 2.62. The first-order valence-electron chi connectivity index (χ1n) is 7.67. The maximum atomic E-state index is 12.0. The molecular formula is C21H19NO2. The average molecular weight is 317 g/mol. The molecule has 2 aromatic rings. The molecule has 0 aliphatic carbocycles. The van der Waals surface area contributed by atoms with Crippen molar-refractivity contribution in [3.63, 3.8) is 0 Å². The number of allylic oxidation sites excluding steroid dienone is 4. The number of benzene rings is 2. The largest absolute Gasteiger partial charge is 0.323 e. The van der Waals surface area contributed by atoms with Gasteiger partial charge in [0, 0.05) is 17.3 Å². The number of hydrogen-bond acceptors (Lipinski definition) is 2. The van der Waals surface area contributed by atoms with E-state index in [1.165, 1.54) is 6.08 Å². The molecule has 0 heterocycles. The van der Waals surface area contributed by atoms with Crippen molar-refractivity contribution in [1.82, 2.24) is 0 Å². The third-order valence-electron chi connectivity index (χ3n) is 3.21. The van der Waals surface area contributed by atoms with Crippen LogP contribution in [0.4, 0.5) is 5.69 Å². The summed E-state index contributed by atoms with van der Waals surface area (Å²) in [5.41, 5.74) is 2.25. The normalized spacial score (nSPS) is 11.4. The van der Waals surface area contributed by atoms with Crippen LogP contribution in [-0.2, 0) is 4.79 Å². The Hall–Kier alpha value is -3.20. The molecule has 120 valence electrons. The van der Waals surface area contributed by atoms with Gasteiger partial charge in [0.15, 0.2) is 5.78 Å². The Balaban J connectivity index is 1.95. The molecule has 0 aliphatic heterocycles. The van der Waals surface area contributed by atoms with Gasteiger partial charge in [0.2, 0.25) is 5.91 Å². The van der Waals surface area contributed by atoms with Crippen molar-refractivity contribution in [2.75, 3.05) is 5.32 Å². The first kappa shape index (κ1) is 17.2. The maximum Gasteiger partial charge on any atom is 0.248 e. The Morgan fingerprint density at radius 2 is 1.58 bits per heavy atom. The van der Waals surface area contributed by atoms with Crippen LogP contribution in [0.1, 0.15) is 22.8 Å². The number of ketones is 1. The van der Waals surface area contributed by atoms with Gasteiger partial charge in [0.25, 0.3) is 0 Å². The molecule has 0 aliphatic rings. The van der Waals surface area contributed by atoms with Crippen molar-refractivity contribution in [2.24, 2.45) is 0 Å². The van der Waals surface area contributed by atoms with E-state index in [0.29, 0.717) is 11.3 Å². The van der Waals surface area contributed by atoms with E-state index >= 15 is 0 Å². The molecule has 0 radical (unpaired) electrons. The summed E-state index contributed by atoms with van der Waals surface area (Å²) in [6, 6.07) is 16.4. The molecule has 24 heavy (non-hydrogen) atoms. The van der Waals surface area contributed by atoms with E-state index in [9.17, 15) is 9.59 Å². The molecule has 0 spiro atoms. The van der Waals surface area contributed by atoms with E-state index < -0.39 is 0 Å². The molecule has 0 unspecified atom stereocenters. The minimum atomic E-state index is -0.185. The van der Waals surface area contributed by atoms with E-state index in [-0.39, 0.29) is 11.7 Å². The number of nitrogens with one attached hydrogen (secondary N) is 1. The third-order valence-corrected chi connectivity index (χ3v) is 3.21. The van der Waals surface area contributed by atoms with Crippen LogP contribution in [0.25, 0.3) is 6.08 Å². The zero-order chi connectivity index (χ0) is 17.2. The van der Waals surface area contributed by atoms with Crippen LogP contribution in [0.5, 0.6) is 0 Å². The van der Waals surface area contributed by atoms with Gasteiger partial charge in [-0.1, -0.05) is 66.8 Å². The molecular weight excluding hydrogens is 298 g/mol. The number of anilines is 1. The van der Waals surface area contributed by atoms with E-state index in [4.69, 9.17) is 0 Å². The predicted molar refractivity (Wildman–Crippen MR) is 98.8 cm³/mol. The zero-order valence-electron chi connectivity index (χ0n) is 13.5. The van der Waals surface area contributed by atoms with Crippen molar-refractivity contribution in [2.45, 2.75) is 6.92 Å². The van der Waals surface area contributed by atoms with Crippen molar-refractivity contribution in [3.8, 4) is 0 Å². The fraction of sp³-hybridized carbons (Fsp3) is 0.0476. The van der Waals surface area contributed by atoms with Gasteiger partial charge in [-0.05, 0) is 30.7 Å².